The highest BCUT2D eigenvalue weighted by molar-refractivity contribution is 7.98. The standard InChI is InChI=1S/C21H22ClN5O2S/c1-3-18(19(29)24-16-9-6-8-14(11-16)13(2)28)27-20(23)25-26-21(27)30-12-15-7-4-5-10-17(15)22/h4-11,18H,3,12H2,1-2H3,(H2,23,25)(H,24,29). The lowest BCUT2D eigenvalue weighted by Gasteiger charge is -2.19. The molecule has 30 heavy (non-hydrogen) atoms. The first-order valence-electron chi connectivity index (χ1n) is 9.39. The van der Waals surface area contributed by atoms with E-state index < -0.39 is 6.04 Å². The molecule has 1 aromatic heterocycles. The van der Waals surface area contributed by atoms with Gasteiger partial charge in [-0.25, -0.2) is 0 Å². The average molecular weight is 444 g/mol. The third-order valence-electron chi connectivity index (χ3n) is 4.54. The Kier molecular flexibility index (Phi) is 7.12. The predicted octanol–water partition coefficient (Wildman–Crippen LogP) is 4.60. The monoisotopic (exact) mass is 443 g/mol. The van der Waals surface area contributed by atoms with Gasteiger partial charge < -0.3 is 11.1 Å². The number of thioether (sulfide) groups is 1. The van der Waals surface area contributed by atoms with Crippen LogP contribution in [0.5, 0.6) is 0 Å². The molecule has 3 aromatic rings. The minimum Gasteiger partial charge on any atom is -0.368 e. The van der Waals surface area contributed by atoms with E-state index in [2.05, 4.69) is 15.5 Å². The zero-order valence-electron chi connectivity index (χ0n) is 16.6. The van der Waals surface area contributed by atoms with E-state index in [9.17, 15) is 9.59 Å². The van der Waals surface area contributed by atoms with Crippen molar-refractivity contribution in [3.8, 4) is 0 Å². The summed E-state index contributed by atoms with van der Waals surface area (Å²) in [5.41, 5.74) is 8.06. The molecule has 1 atom stereocenters. The summed E-state index contributed by atoms with van der Waals surface area (Å²) in [6.45, 7) is 3.37. The third kappa shape index (κ3) is 5.01. The molecular formula is C21H22ClN5O2S. The zero-order valence-corrected chi connectivity index (χ0v) is 18.2. The molecule has 1 amide bonds. The number of ketones is 1. The first-order valence-corrected chi connectivity index (χ1v) is 10.8. The van der Waals surface area contributed by atoms with Crippen LogP contribution in [0.2, 0.25) is 5.02 Å². The topological polar surface area (TPSA) is 103 Å². The van der Waals surface area contributed by atoms with Crippen LogP contribution < -0.4 is 11.1 Å². The summed E-state index contributed by atoms with van der Waals surface area (Å²) >= 11 is 7.64. The molecule has 0 saturated heterocycles. The molecule has 0 aliphatic rings. The van der Waals surface area contributed by atoms with Crippen molar-refractivity contribution in [2.45, 2.75) is 37.2 Å². The molecule has 0 saturated carbocycles. The van der Waals surface area contributed by atoms with Crippen molar-refractivity contribution in [2.24, 2.45) is 0 Å². The van der Waals surface area contributed by atoms with Crippen LogP contribution in [0.25, 0.3) is 0 Å². The normalized spacial score (nSPS) is 11.8. The van der Waals surface area contributed by atoms with Gasteiger partial charge in [0.2, 0.25) is 11.9 Å². The number of nitrogens with zero attached hydrogens (tertiary/aromatic N) is 3. The van der Waals surface area contributed by atoms with Crippen LogP contribution in [0.1, 0.15) is 42.2 Å². The first-order chi connectivity index (χ1) is 14.4. The lowest BCUT2D eigenvalue weighted by Crippen LogP contribution is -2.27. The van der Waals surface area contributed by atoms with Gasteiger partial charge in [-0.3, -0.25) is 14.2 Å². The number of anilines is 2. The van der Waals surface area contributed by atoms with E-state index in [1.807, 2.05) is 31.2 Å². The Morgan fingerprint density at radius 1 is 1.20 bits per heavy atom. The van der Waals surface area contributed by atoms with Gasteiger partial charge in [0.1, 0.15) is 6.04 Å². The van der Waals surface area contributed by atoms with Gasteiger partial charge in [0, 0.05) is 22.0 Å². The summed E-state index contributed by atoms with van der Waals surface area (Å²) < 4.78 is 1.63. The fourth-order valence-electron chi connectivity index (χ4n) is 2.96. The largest absolute Gasteiger partial charge is 0.368 e. The van der Waals surface area contributed by atoms with Crippen molar-refractivity contribution in [1.82, 2.24) is 14.8 Å². The van der Waals surface area contributed by atoms with E-state index >= 15 is 0 Å². The predicted molar refractivity (Wildman–Crippen MR) is 120 cm³/mol. The number of carbonyl (C=O) groups is 2. The SMILES string of the molecule is CCC(C(=O)Nc1cccc(C(C)=O)c1)n1c(N)nnc1SCc1ccccc1Cl. The molecular weight excluding hydrogens is 422 g/mol. The Balaban J connectivity index is 1.80. The van der Waals surface area contributed by atoms with Gasteiger partial charge >= 0.3 is 0 Å². The first kappa shape index (κ1) is 21.9. The Labute approximate surface area is 184 Å². The number of nitrogen functional groups attached to an aromatic ring is 1. The van der Waals surface area contributed by atoms with Crippen LogP contribution in [-0.4, -0.2) is 26.5 Å². The van der Waals surface area contributed by atoms with Crippen LogP contribution in [0, 0.1) is 0 Å². The highest BCUT2D eigenvalue weighted by Gasteiger charge is 2.25. The molecule has 2 aromatic carbocycles. The van der Waals surface area contributed by atoms with E-state index in [1.54, 1.807) is 28.8 Å². The second kappa shape index (κ2) is 9.77. The van der Waals surface area contributed by atoms with Gasteiger partial charge in [0.05, 0.1) is 0 Å². The molecule has 7 nitrogen and oxygen atoms in total. The summed E-state index contributed by atoms with van der Waals surface area (Å²) in [5, 5.41) is 12.2. The number of aromatic nitrogens is 3. The summed E-state index contributed by atoms with van der Waals surface area (Å²) in [6.07, 6.45) is 0.486. The number of amides is 1. The highest BCUT2D eigenvalue weighted by atomic mass is 35.5. The van der Waals surface area contributed by atoms with Crippen molar-refractivity contribution in [2.75, 3.05) is 11.1 Å². The van der Waals surface area contributed by atoms with E-state index in [-0.39, 0.29) is 17.6 Å². The maximum atomic E-state index is 13.0. The van der Waals surface area contributed by atoms with E-state index in [4.69, 9.17) is 17.3 Å². The van der Waals surface area contributed by atoms with Crippen LogP contribution in [-0.2, 0) is 10.5 Å². The molecule has 0 bridgehead atoms. The van der Waals surface area contributed by atoms with Crippen molar-refractivity contribution >= 4 is 46.7 Å². The summed E-state index contributed by atoms with van der Waals surface area (Å²) in [6, 6.07) is 13.8. The molecule has 0 spiro atoms. The maximum Gasteiger partial charge on any atom is 0.247 e. The molecule has 156 valence electrons. The molecule has 1 heterocycles. The molecule has 3 N–H and O–H groups in total. The molecule has 0 aliphatic heterocycles. The Hall–Kier alpha value is -2.84. The molecule has 0 radical (unpaired) electrons. The highest BCUT2D eigenvalue weighted by Crippen LogP contribution is 2.30. The second-order valence-electron chi connectivity index (χ2n) is 6.64. The number of rotatable bonds is 8. The maximum absolute atomic E-state index is 13.0. The van der Waals surface area contributed by atoms with Gasteiger partial charge in [0.15, 0.2) is 10.9 Å². The quantitative estimate of drug-likeness (QED) is 0.389. The fraction of sp³-hybridized carbons (Fsp3) is 0.238. The smallest absolute Gasteiger partial charge is 0.247 e. The molecule has 0 fully saturated rings. The molecule has 1 unspecified atom stereocenters. The minimum atomic E-state index is -0.602. The van der Waals surface area contributed by atoms with Gasteiger partial charge in [-0.1, -0.05) is 60.6 Å². The van der Waals surface area contributed by atoms with Crippen LogP contribution in [0.4, 0.5) is 11.6 Å². The third-order valence-corrected chi connectivity index (χ3v) is 5.90. The number of halogens is 1. The number of benzene rings is 2. The van der Waals surface area contributed by atoms with E-state index in [0.717, 1.165) is 5.56 Å². The number of hydrogen-bond acceptors (Lipinski definition) is 6. The number of carbonyl (C=O) groups excluding carboxylic acids is 2. The summed E-state index contributed by atoms with van der Waals surface area (Å²) in [7, 11) is 0. The second-order valence-corrected chi connectivity index (χ2v) is 7.99. The van der Waals surface area contributed by atoms with Crippen molar-refractivity contribution in [3.05, 3.63) is 64.7 Å². The van der Waals surface area contributed by atoms with Crippen molar-refractivity contribution in [1.29, 1.82) is 0 Å². The van der Waals surface area contributed by atoms with E-state index in [1.165, 1.54) is 18.7 Å². The fourth-order valence-corrected chi connectivity index (χ4v) is 4.24. The zero-order chi connectivity index (χ0) is 21.7. The Morgan fingerprint density at radius 3 is 2.67 bits per heavy atom. The van der Waals surface area contributed by atoms with Crippen molar-refractivity contribution in [3.63, 3.8) is 0 Å². The Morgan fingerprint density at radius 2 is 1.97 bits per heavy atom. The summed E-state index contributed by atoms with van der Waals surface area (Å²) in [5.74, 6) is 0.399. The lowest BCUT2D eigenvalue weighted by molar-refractivity contribution is -0.119. The minimum absolute atomic E-state index is 0.0700. The lowest BCUT2D eigenvalue weighted by atomic mass is 10.1. The van der Waals surface area contributed by atoms with Gasteiger partial charge in [-0.15, -0.1) is 10.2 Å². The molecule has 3 rings (SSSR count). The van der Waals surface area contributed by atoms with Gasteiger partial charge in [-0.2, -0.15) is 0 Å². The number of hydrogen-bond donors (Lipinski definition) is 2. The number of nitrogens with two attached hydrogens (primary N) is 1. The number of nitrogens with one attached hydrogen (secondary N) is 1. The molecule has 0 aliphatic carbocycles. The molecule has 9 heteroatoms. The van der Waals surface area contributed by atoms with Gasteiger partial charge in [0.25, 0.3) is 0 Å². The number of Topliss-reactive ketones (excluding diaryl/α,β-unsaturated/α-hetero) is 1. The Bertz CT molecular complexity index is 1070. The van der Waals surface area contributed by atoms with Crippen molar-refractivity contribution < 1.29 is 9.59 Å². The summed E-state index contributed by atoms with van der Waals surface area (Å²) in [4.78, 5) is 24.6. The average Bonchev–Trinajstić information content (AvgIpc) is 3.08. The van der Waals surface area contributed by atoms with Crippen LogP contribution in [0.15, 0.2) is 53.7 Å². The van der Waals surface area contributed by atoms with Crippen LogP contribution >= 0.6 is 23.4 Å². The van der Waals surface area contributed by atoms with Crippen LogP contribution in [0.3, 0.4) is 0 Å². The van der Waals surface area contributed by atoms with E-state index in [0.29, 0.717) is 33.6 Å². The van der Waals surface area contributed by atoms with Gasteiger partial charge in [-0.05, 0) is 37.1 Å².